The number of benzene rings is 2. The molecule has 5 rings (SSSR count). The summed E-state index contributed by atoms with van der Waals surface area (Å²) in [7, 11) is 0. The summed E-state index contributed by atoms with van der Waals surface area (Å²) in [5, 5.41) is 15.1. The van der Waals surface area contributed by atoms with Crippen molar-refractivity contribution in [1.29, 1.82) is 0 Å². The molecule has 5 unspecified atom stereocenters. The number of carboxylic acids is 1. The van der Waals surface area contributed by atoms with Crippen LogP contribution in [-0.2, 0) is 14.3 Å². The molecule has 2 aromatic rings. The van der Waals surface area contributed by atoms with Crippen molar-refractivity contribution in [2.75, 3.05) is 13.2 Å². The number of carbonyl (C=O) groups is 3. The van der Waals surface area contributed by atoms with E-state index in [2.05, 4.69) is 34.9 Å². The number of carbonyl (C=O) groups excluding carboxylic acids is 2. The van der Waals surface area contributed by atoms with E-state index >= 15 is 0 Å². The van der Waals surface area contributed by atoms with Gasteiger partial charge in [0.05, 0.1) is 5.92 Å². The first-order valence-electron chi connectivity index (χ1n) is 12.5. The molecule has 2 aromatic carbocycles. The molecule has 7 nitrogen and oxygen atoms in total. The van der Waals surface area contributed by atoms with Crippen molar-refractivity contribution in [2.24, 2.45) is 23.7 Å². The van der Waals surface area contributed by atoms with Crippen molar-refractivity contribution in [3.05, 3.63) is 59.7 Å². The highest BCUT2D eigenvalue weighted by Crippen LogP contribution is 2.49. The number of carboxylic acid groups (broad SMARTS) is 1. The van der Waals surface area contributed by atoms with Crippen LogP contribution >= 0.6 is 0 Å². The monoisotopic (exact) mass is 476 g/mol. The van der Waals surface area contributed by atoms with Crippen LogP contribution in [0.15, 0.2) is 48.5 Å². The second-order valence-electron chi connectivity index (χ2n) is 10.4. The summed E-state index contributed by atoms with van der Waals surface area (Å²) in [6, 6.07) is 16.5. The van der Waals surface area contributed by atoms with E-state index in [0.29, 0.717) is 25.3 Å². The molecule has 5 atom stereocenters. The number of hydrogen-bond donors (Lipinski definition) is 3. The Morgan fingerprint density at radius 2 is 1.66 bits per heavy atom. The van der Waals surface area contributed by atoms with Gasteiger partial charge in [-0.2, -0.15) is 0 Å². The Balaban J connectivity index is 1.05. The van der Waals surface area contributed by atoms with Crippen LogP contribution in [-0.4, -0.2) is 42.3 Å². The molecular formula is C28H32N2O5. The van der Waals surface area contributed by atoms with Gasteiger partial charge in [-0.05, 0) is 59.3 Å². The standard InChI is InChI=1S/C28H32N2O5/c1-16(10-26(31)30-25-13-17-11-18(27(32)33)12-23(17)25)14-29-28(34)35-15-24-21-8-4-2-6-19(21)20-7-3-5-9-22(20)24/h2-9,16-18,23-25H,10-15H2,1H3,(H,29,34)(H,30,31)(H,32,33). The first kappa shape index (κ1) is 23.4. The van der Waals surface area contributed by atoms with Crippen LogP contribution in [0, 0.1) is 23.7 Å². The van der Waals surface area contributed by atoms with Crippen LogP contribution < -0.4 is 10.6 Å². The van der Waals surface area contributed by atoms with Gasteiger partial charge >= 0.3 is 12.1 Å². The first-order chi connectivity index (χ1) is 16.9. The minimum absolute atomic E-state index is 0.0129. The lowest BCUT2D eigenvalue weighted by molar-refractivity contribution is -0.141. The minimum atomic E-state index is -0.725. The van der Waals surface area contributed by atoms with Crippen LogP contribution in [0.2, 0.25) is 0 Å². The van der Waals surface area contributed by atoms with Crippen molar-refractivity contribution in [2.45, 2.75) is 44.6 Å². The normalized spacial score (nSPS) is 24.9. The lowest BCUT2D eigenvalue weighted by atomic mass is 9.71. The zero-order chi connectivity index (χ0) is 24.5. The summed E-state index contributed by atoms with van der Waals surface area (Å²) in [5.41, 5.74) is 4.71. The zero-order valence-corrected chi connectivity index (χ0v) is 19.9. The van der Waals surface area contributed by atoms with Crippen molar-refractivity contribution >= 4 is 18.0 Å². The summed E-state index contributed by atoms with van der Waals surface area (Å²) in [5.74, 6) is -0.359. The number of alkyl carbamates (subject to hydrolysis) is 1. The van der Waals surface area contributed by atoms with E-state index < -0.39 is 12.1 Å². The molecule has 3 N–H and O–H groups in total. The maximum Gasteiger partial charge on any atom is 0.407 e. The van der Waals surface area contributed by atoms with Gasteiger partial charge in [0.2, 0.25) is 5.91 Å². The molecule has 7 heteroatoms. The van der Waals surface area contributed by atoms with Gasteiger partial charge in [0.25, 0.3) is 0 Å². The van der Waals surface area contributed by atoms with Crippen molar-refractivity contribution in [3.8, 4) is 11.1 Å². The number of rotatable bonds is 8. The lowest BCUT2D eigenvalue weighted by Crippen LogP contribution is -2.50. The number of ether oxygens (including phenoxy) is 1. The van der Waals surface area contributed by atoms with E-state index in [-0.39, 0.29) is 42.2 Å². The summed E-state index contributed by atoms with van der Waals surface area (Å²) < 4.78 is 5.56. The van der Waals surface area contributed by atoms with Gasteiger partial charge < -0.3 is 20.5 Å². The Kier molecular flexibility index (Phi) is 6.50. The van der Waals surface area contributed by atoms with Crippen molar-refractivity contribution in [1.82, 2.24) is 10.6 Å². The third-order valence-corrected chi connectivity index (χ3v) is 7.99. The summed E-state index contributed by atoms with van der Waals surface area (Å²) >= 11 is 0. The predicted molar refractivity (Wildman–Crippen MR) is 131 cm³/mol. The van der Waals surface area contributed by atoms with Crippen LogP contribution in [0.5, 0.6) is 0 Å². The van der Waals surface area contributed by atoms with Gasteiger partial charge in [-0.15, -0.1) is 0 Å². The zero-order valence-electron chi connectivity index (χ0n) is 19.9. The highest BCUT2D eigenvalue weighted by molar-refractivity contribution is 5.79. The molecule has 0 saturated heterocycles. The van der Waals surface area contributed by atoms with E-state index in [1.54, 1.807) is 0 Å². The second kappa shape index (κ2) is 9.72. The Morgan fingerprint density at radius 3 is 2.31 bits per heavy atom. The molecule has 3 aliphatic rings. The molecule has 0 aromatic heterocycles. The highest BCUT2D eigenvalue weighted by Gasteiger charge is 2.49. The average molecular weight is 477 g/mol. The Bertz CT molecular complexity index is 1090. The molecule has 35 heavy (non-hydrogen) atoms. The average Bonchev–Trinajstić information content (AvgIpc) is 3.35. The van der Waals surface area contributed by atoms with Gasteiger partial charge in [0, 0.05) is 24.9 Å². The number of fused-ring (bicyclic) bond motifs is 4. The summed E-state index contributed by atoms with van der Waals surface area (Å²) in [6.45, 7) is 2.53. The van der Waals surface area contributed by atoms with E-state index in [4.69, 9.17) is 4.74 Å². The number of hydrogen-bond acceptors (Lipinski definition) is 4. The van der Waals surface area contributed by atoms with Crippen molar-refractivity contribution < 1.29 is 24.2 Å². The number of aliphatic carboxylic acids is 1. The SMILES string of the molecule is CC(CNC(=O)OCC1c2ccccc2-c2ccccc21)CC(=O)NC1CC2CC(C(=O)O)CC21. The fraction of sp³-hybridized carbons (Fsp3) is 0.464. The van der Waals surface area contributed by atoms with Gasteiger partial charge in [-0.1, -0.05) is 55.5 Å². The molecule has 0 radical (unpaired) electrons. The predicted octanol–water partition coefficient (Wildman–Crippen LogP) is 4.17. The fourth-order valence-corrected chi connectivity index (χ4v) is 6.16. The minimum Gasteiger partial charge on any atom is -0.481 e. The van der Waals surface area contributed by atoms with Gasteiger partial charge in [0.1, 0.15) is 6.61 Å². The molecule has 3 aliphatic carbocycles. The van der Waals surface area contributed by atoms with Crippen LogP contribution in [0.1, 0.15) is 49.7 Å². The maximum atomic E-state index is 12.5. The molecule has 2 fully saturated rings. The Morgan fingerprint density at radius 1 is 1.00 bits per heavy atom. The van der Waals surface area contributed by atoms with E-state index in [9.17, 15) is 19.5 Å². The third kappa shape index (κ3) is 4.77. The molecule has 0 heterocycles. The quantitative estimate of drug-likeness (QED) is 0.531. The van der Waals surface area contributed by atoms with Crippen LogP contribution in [0.25, 0.3) is 11.1 Å². The maximum absolute atomic E-state index is 12.5. The third-order valence-electron chi connectivity index (χ3n) is 7.99. The fourth-order valence-electron chi connectivity index (χ4n) is 6.16. The second-order valence-corrected chi connectivity index (χ2v) is 10.4. The van der Waals surface area contributed by atoms with Crippen LogP contribution in [0.3, 0.4) is 0 Å². The summed E-state index contributed by atoms with van der Waals surface area (Å²) in [6.07, 6.45) is 2.08. The largest absolute Gasteiger partial charge is 0.481 e. The smallest absolute Gasteiger partial charge is 0.407 e. The number of amides is 2. The van der Waals surface area contributed by atoms with E-state index in [1.807, 2.05) is 31.2 Å². The summed E-state index contributed by atoms with van der Waals surface area (Å²) in [4.78, 5) is 36.1. The highest BCUT2D eigenvalue weighted by atomic mass is 16.5. The molecular weight excluding hydrogens is 444 g/mol. The molecule has 184 valence electrons. The Hall–Kier alpha value is -3.35. The topological polar surface area (TPSA) is 105 Å². The molecule has 0 aliphatic heterocycles. The van der Waals surface area contributed by atoms with Gasteiger partial charge in [-0.3, -0.25) is 9.59 Å². The molecule has 2 amide bonds. The first-order valence-corrected chi connectivity index (χ1v) is 12.5. The lowest BCUT2D eigenvalue weighted by Gasteiger charge is -2.41. The van der Waals surface area contributed by atoms with E-state index in [1.165, 1.54) is 22.3 Å². The van der Waals surface area contributed by atoms with Crippen molar-refractivity contribution in [3.63, 3.8) is 0 Å². The van der Waals surface area contributed by atoms with Gasteiger partial charge in [0.15, 0.2) is 0 Å². The molecule has 0 spiro atoms. The Labute approximate surface area is 205 Å². The van der Waals surface area contributed by atoms with E-state index in [0.717, 1.165) is 12.8 Å². The van der Waals surface area contributed by atoms with Gasteiger partial charge in [-0.25, -0.2) is 4.79 Å². The van der Waals surface area contributed by atoms with Crippen LogP contribution in [0.4, 0.5) is 4.79 Å². The number of nitrogens with one attached hydrogen (secondary N) is 2. The molecule has 0 bridgehead atoms. The molecule has 2 saturated carbocycles.